The molecule has 0 bridgehead atoms. The van der Waals surface area contributed by atoms with Crippen molar-refractivity contribution in [3.05, 3.63) is 20.3 Å². The van der Waals surface area contributed by atoms with Gasteiger partial charge in [0.05, 0.1) is 15.1 Å². The van der Waals surface area contributed by atoms with Crippen LogP contribution in [0.1, 0.15) is 18.0 Å². The van der Waals surface area contributed by atoms with Crippen molar-refractivity contribution in [3.8, 4) is 0 Å². The summed E-state index contributed by atoms with van der Waals surface area (Å²) in [6.45, 7) is 0. The predicted molar refractivity (Wildman–Crippen MR) is 53.5 cm³/mol. The van der Waals surface area contributed by atoms with Gasteiger partial charge in [0.1, 0.15) is 0 Å². The predicted octanol–water partition coefficient (Wildman–Crippen LogP) is 2.53. The lowest BCUT2D eigenvalue weighted by Crippen LogP contribution is -2.14. The van der Waals surface area contributed by atoms with Crippen molar-refractivity contribution < 1.29 is 9.90 Å². The van der Waals surface area contributed by atoms with Crippen LogP contribution in [0.4, 0.5) is 0 Å². The Morgan fingerprint density at radius 1 is 1.69 bits per heavy atom. The molecule has 0 unspecified atom stereocenters. The molecule has 0 spiro atoms. The smallest absolute Gasteiger partial charge is 0.305 e. The molecule has 0 fully saturated rings. The van der Waals surface area contributed by atoms with Crippen molar-refractivity contribution in [2.24, 2.45) is 5.73 Å². The summed E-state index contributed by atoms with van der Waals surface area (Å²) in [7, 11) is 0. The van der Waals surface area contributed by atoms with Crippen LogP contribution in [0.25, 0.3) is 0 Å². The van der Waals surface area contributed by atoms with E-state index in [4.69, 9.17) is 34.0 Å². The third-order valence-electron chi connectivity index (χ3n) is 1.48. The third-order valence-corrected chi connectivity index (χ3v) is 3.00. The molecule has 3 nitrogen and oxygen atoms in total. The van der Waals surface area contributed by atoms with Gasteiger partial charge in [0.2, 0.25) is 0 Å². The van der Waals surface area contributed by atoms with Crippen molar-refractivity contribution in [1.29, 1.82) is 0 Å². The zero-order chi connectivity index (χ0) is 10.0. The molecule has 0 aliphatic carbocycles. The summed E-state index contributed by atoms with van der Waals surface area (Å²) in [6, 6.07) is 1.01. The van der Waals surface area contributed by atoms with E-state index in [1.165, 1.54) is 11.3 Å². The molecule has 1 atom stereocenters. The molecule has 0 aromatic carbocycles. The number of halogens is 2. The quantitative estimate of drug-likeness (QED) is 0.853. The number of nitrogens with two attached hydrogens (primary N) is 1. The highest BCUT2D eigenvalue weighted by atomic mass is 35.5. The van der Waals surface area contributed by atoms with Gasteiger partial charge in [0, 0.05) is 11.6 Å². The van der Waals surface area contributed by atoms with E-state index in [1.807, 2.05) is 0 Å². The van der Waals surface area contributed by atoms with E-state index in [1.54, 1.807) is 6.07 Å². The van der Waals surface area contributed by atoms with Crippen LogP contribution in [0.3, 0.4) is 0 Å². The molecular formula is C7H7Cl2NO2S. The Hall–Kier alpha value is -0.290. The minimum atomic E-state index is -0.953. The Morgan fingerprint density at radius 3 is 2.69 bits per heavy atom. The number of carboxylic acids is 1. The SMILES string of the molecule is N[C@@H](CC(=O)O)c1cc(Cl)sc1Cl. The number of carbonyl (C=O) groups is 1. The van der Waals surface area contributed by atoms with E-state index in [9.17, 15) is 4.79 Å². The molecule has 0 aliphatic heterocycles. The summed E-state index contributed by atoms with van der Waals surface area (Å²) in [5, 5.41) is 8.49. The van der Waals surface area contributed by atoms with Crippen LogP contribution in [0.2, 0.25) is 8.67 Å². The van der Waals surface area contributed by atoms with Crippen LogP contribution in [0.5, 0.6) is 0 Å². The number of carboxylic acid groups (broad SMARTS) is 1. The average Bonchev–Trinajstić information content (AvgIpc) is 2.28. The summed E-state index contributed by atoms with van der Waals surface area (Å²) in [6.07, 6.45) is -0.146. The minimum Gasteiger partial charge on any atom is -0.481 e. The minimum absolute atomic E-state index is 0.146. The van der Waals surface area contributed by atoms with Crippen molar-refractivity contribution in [2.45, 2.75) is 12.5 Å². The number of aliphatic carboxylic acids is 1. The molecule has 3 N–H and O–H groups in total. The van der Waals surface area contributed by atoms with E-state index < -0.39 is 12.0 Å². The lowest BCUT2D eigenvalue weighted by atomic mass is 10.1. The fourth-order valence-electron chi connectivity index (χ4n) is 0.904. The molecule has 1 heterocycles. The van der Waals surface area contributed by atoms with E-state index in [0.717, 1.165) is 0 Å². The molecule has 0 amide bonds. The summed E-state index contributed by atoms with van der Waals surface area (Å²) in [5.74, 6) is -0.953. The zero-order valence-corrected chi connectivity index (χ0v) is 8.79. The second kappa shape index (κ2) is 4.28. The molecular weight excluding hydrogens is 233 g/mol. The summed E-state index contributed by atoms with van der Waals surface area (Å²) >= 11 is 12.6. The van der Waals surface area contributed by atoms with Crippen LogP contribution < -0.4 is 5.73 Å². The molecule has 1 rings (SSSR count). The van der Waals surface area contributed by atoms with Crippen molar-refractivity contribution >= 4 is 40.5 Å². The lowest BCUT2D eigenvalue weighted by Gasteiger charge is -2.06. The maximum atomic E-state index is 10.3. The number of rotatable bonds is 3. The van der Waals surface area contributed by atoms with Crippen molar-refractivity contribution in [2.75, 3.05) is 0 Å². The third kappa shape index (κ3) is 2.84. The molecule has 72 valence electrons. The molecule has 1 aromatic rings. The van der Waals surface area contributed by atoms with Gasteiger partial charge in [-0.3, -0.25) is 4.79 Å². The van der Waals surface area contributed by atoms with Crippen molar-refractivity contribution in [1.82, 2.24) is 0 Å². The normalized spacial score (nSPS) is 12.8. The van der Waals surface area contributed by atoms with Crippen LogP contribution in [0.15, 0.2) is 6.07 Å². The molecule has 0 radical (unpaired) electrons. The number of hydrogen-bond acceptors (Lipinski definition) is 3. The highest BCUT2D eigenvalue weighted by molar-refractivity contribution is 7.20. The van der Waals surface area contributed by atoms with Gasteiger partial charge in [-0.1, -0.05) is 23.2 Å². The fraction of sp³-hybridized carbons (Fsp3) is 0.286. The van der Waals surface area contributed by atoms with Gasteiger partial charge in [-0.2, -0.15) is 0 Å². The molecule has 1 aromatic heterocycles. The van der Waals surface area contributed by atoms with Gasteiger partial charge in [0.25, 0.3) is 0 Å². The maximum Gasteiger partial charge on any atom is 0.305 e. The first-order valence-corrected chi connectivity index (χ1v) is 5.00. The monoisotopic (exact) mass is 239 g/mol. The Bertz CT molecular complexity index is 326. The Labute approximate surface area is 89.1 Å². The number of thiophene rings is 1. The lowest BCUT2D eigenvalue weighted by molar-refractivity contribution is -0.137. The zero-order valence-electron chi connectivity index (χ0n) is 6.46. The van der Waals surface area contributed by atoms with Gasteiger partial charge < -0.3 is 10.8 Å². The summed E-state index contributed by atoms with van der Waals surface area (Å²) in [5.41, 5.74) is 6.19. The Morgan fingerprint density at radius 2 is 2.31 bits per heavy atom. The summed E-state index contributed by atoms with van der Waals surface area (Å²) in [4.78, 5) is 10.3. The van der Waals surface area contributed by atoms with Gasteiger partial charge in [0.15, 0.2) is 0 Å². The molecule has 13 heavy (non-hydrogen) atoms. The van der Waals surface area contributed by atoms with Crippen LogP contribution >= 0.6 is 34.5 Å². The second-order valence-corrected chi connectivity index (χ2v) is 4.77. The topological polar surface area (TPSA) is 63.3 Å². The van der Waals surface area contributed by atoms with Gasteiger partial charge in [-0.15, -0.1) is 11.3 Å². The first-order chi connectivity index (χ1) is 6.00. The van der Waals surface area contributed by atoms with Crippen LogP contribution in [0, 0.1) is 0 Å². The van der Waals surface area contributed by atoms with Crippen LogP contribution in [-0.4, -0.2) is 11.1 Å². The Kier molecular flexibility index (Phi) is 3.55. The standard InChI is InChI=1S/C7H7Cl2NO2S/c8-5-1-3(7(9)13-5)4(10)2-6(11)12/h1,4H,2,10H2,(H,11,12)/t4-/m0/s1. The molecule has 0 saturated carbocycles. The highest BCUT2D eigenvalue weighted by Gasteiger charge is 2.16. The Balaban J connectivity index is 2.81. The first-order valence-electron chi connectivity index (χ1n) is 3.43. The van der Waals surface area contributed by atoms with Gasteiger partial charge >= 0.3 is 5.97 Å². The molecule has 0 aliphatic rings. The van der Waals surface area contributed by atoms with Crippen LogP contribution in [-0.2, 0) is 4.79 Å². The fourth-order valence-corrected chi connectivity index (χ4v) is 2.50. The van der Waals surface area contributed by atoms with E-state index in [-0.39, 0.29) is 6.42 Å². The van der Waals surface area contributed by atoms with E-state index in [2.05, 4.69) is 0 Å². The largest absolute Gasteiger partial charge is 0.481 e. The van der Waals surface area contributed by atoms with Gasteiger partial charge in [-0.25, -0.2) is 0 Å². The van der Waals surface area contributed by atoms with E-state index in [0.29, 0.717) is 14.2 Å². The average molecular weight is 240 g/mol. The van der Waals surface area contributed by atoms with E-state index >= 15 is 0 Å². The molecule has 6 heteroatoms. The molecule has 0 saturated heterocycles. The second-order valence-electron chi connectivity index (χ2n) is 2.48. The first kappa shape index (κ1) is 10.8. The van der Waals surface area contributed by atoms with Gasteiger partial charge in [-0.05, 0) is 6.07 Å². The maximum absolute atomic E-state index is 10.3. The van der Waals surface area contributed by atoms with Crippen molar-refractivity contribution in [3.63, 3.8) is 0 Å². The number of hydrogen-bond donors (Lipinski definition) is 2. The highest BCUT2D eigenvalue weighted by Crippen LogP contribution is 2.34. The summed E-state index contributed by atoms with van der Waals surface area (Å²) < 4.78 is 0.972.